The molecule has 4 aromatic rings. The highest BCUT2D eigenvalue weighted by molar-refractivity contribution is 6.30. The van der Waals surface area contributed by atoms with E-state index in [0.29, 0.717) is 5.02 Å². The third kappa shape index (κ3) is 2.30. The molecule has 128 valence electrons. The maximum atomic E-state index is 6.15. The molecule has 0 saturated heterocycles. The van der Waals surface area contributed by atoms with Crippen LogP contribution in [0.25, 0.3) is 22.2 Å². The molecule has 0 amide bonds. The molecule has 0 saturated carbocycles. The molecular weight excluding hydrogens is 348 g/mol. The summed E-state index contributed by atoms with van der Waals surface area (Å²) in [7, 11) is 1.91. The largest absolute Gasteiger partial charge is 0.467 e. The number of aromatic nitrogens is 1. The van der Waals surface area contributed by atoms with E-state index in [9.17, 15) is 0 Å². The zero-order valence-corrected chi connectivity index (χ0v) is 14.8. The molecule has 0 spiro atoms. The normalized spacial score (nSPS) is 16.6. The van der Waals surface area contributed by atoms with Crippen molar-refractivity contribution in [2.75, 3.05) is 7.05 Å². The first-order chi connectivity index (χ1) is 12.7. The van der Waals surface area contributed by atoms with E-state index in [1.165, 1.54) is 0 Å². The highest BCUT2D eigenvalue weighted by Gasteiger charge is 2.38. The SMILES string of the molecule is CN1Oc2c(c(-c3ccc(Cl)cc3)nc3ccccc23)C1c1ccco1. The number of halogens is 1. The van der Waals surface area contributed by atoms with E-state index in [2.05, 4.69) is 0 Å². The molecule has 2 aromatic heterocycles. The maximum absolute atomic E-state index is 6.15. The van der Waals surface area contributed by atoms with Crippen molar-refractivity contribution in [2.24, 2.45) is 0 Å². The summed E-state index contributed by atoms with van der Waals surface area (Å²) in [6.45, 7) is 0. The van der Waals surface area contributed by atoms with Crippen LogP contribution in [0, 0.1) is 0 Å². The van der Waals surface area contributed by atoms with Crippen molar-refractivity contribution in [3.63, 3.8) is 0 Å². The van der Waals surface area contributed by atoms with Gasteiger partial charge in [0.1, 0.15) is 11.8 Å². The first-order valence-electron chi connectivity index (χ1n) is 8.35. The summed E-state index contributed by atoms with van der Waals surface area (Å²) in [6.07, 6.45) is 1.68. The minimum Gasteiger partial charge on any atom is -0.467 e. The molecule has 1 aliphatic heterocycles. The molecule has 26 heavy (non-hydrogen) atoms. The van der Waals surface area contributed by atoms with Crippen LogP contribution in [0.1, 0.15) is 17.4 Å². The Labute approximate surface area is 155 Å². The van der Waals surface area contributed by atoms with Crippen molar-refractivity contribution in [2.45, 2.75) is 6.04 Å². The lowest BCUT2D eigenvalue weighted by Gasteiger charge is -2.16. The number of rotatable bonds is 2. The van der Waals surface area contributed by atoms with E-state index < -0.39 is 0 Å². The molecule has 1 unspecified atom stereocenters. The van der Waals surface area contributed by atoms with E-state index in [4.69, 9.17) is 25.8 Å². The van der Waals surface area contributed by atoms with Crippen LogP contribution in [0.2, 0.25) is 5.02 Å². The van der Waals surface area contributed by atoms with E-state index in [1.807, 2.05) is 72.8 Å². The van der Waals surface area contributed by atoms with Crippen LogP contribution in [-0.2, 0) is 0 Å². The maximum Gasteiger partial charge on any atom is 0.164 e. The number of nitrogens with zero attached hydrogens (tertiary/aromatic N) is 2. The number of hydrogen-bond donors (Lipinski definition) is 0. The van der Waals surface area contributed by atoms with Gasteiger partial charge in [0.05, 0.1) is 23.0 Å². The van der Waals surface area contributed by atoms with Gasteiger partial charge in [0.2, 0.25) is 0 Å². The number of benzene rings is 2. The Kier molecular flexibility index (Phi) is 3.48. The van der Waals surface area contributed by atoms with Gasteiger partial charge in [0.15, 0.2) is 5.75 Å². The summed E-state index contributed by atoms with van der Waals surface area (Å²) in [5, 5.41) is 3.50. The van der Waals surface area contributed by atoms with Gasteiger partial charge in [0.25, 0.3) is 0 Å². The van der Waals surface area contributed by atoms with Crippen LogP contribution in [0.4, 0.5) is 0 Å². The third-order valence-corrected chi connectivity index (χ3v) is 4.94. The Balaban J connectivity index is 1.84. The average molecular weight is 363 g/mol. The molecule has 5 rings (SSSR count). The van der Waals surface area contributed by atoms with Gasteiger partial charge in [-0.3, -0.25) is 0 Å². The molecule has 4 nitrogen and oxygen atoms in total. The fraction of sp³-hybridized carbons (Fsp3) is 0.0952. The highest BCUT2D eigenvalue weighted by atomic mass is 35.5. The van der Waals surface area contributed by atoms with E-state index in [0.717, 1.165) is 39.2 Å². The fourth-order valence-electron chi connectivity index (χ4n) is 3.52. The summed E-state index contributed by atoms with van der Waals surface area (Å²) in [4.78, 5) is 11.1. The highest BCUT2D eigenvalue weighted by Crippen LogP contribution is 2.48. The van der Waals surface area contributed by atoms with Crippen molar-refractivity contribution >= 4 is 22.5 Å². The number of para-hydroxylation sites is 1. The second kappa shape index (κ2) is 5.87. The number of hydroxylamine groups is 2. The quantitative estimate of drug-likeness (QED) is 0.473. The van der Waals surface area contributed by atoms with Crippen molar-refractivity contribution in [1.29, 1.82) is 0 Å². The van der Waals surface area contributed by atoms with Gasteiger partial charge >= 0.3 is 0 Å². The average Bonchev–Trinajstić information content (AvgIpc) is 3.29. The van der Waals surface area contributed by atoms with Crippen molar-refractivity contribution < 1.29 is 9.25 Å². The van der Waals surface area contributed by atoms with Crippen LogP contribution in [0.3, 0.4) is 0 Å². The first-order valence-corrected chi connectivity index (χ1v) is 8.73. The molecule has 0 aliphatic carbocycles. The van der Waals surface area contributed by atoms with Crippen LogP contribution in [-0.4, -0.2) is 17.1 Å². The van der Waals surface area contributed by atoms with Crippen LogP contribution in [0.5, 0.6) is 5.75 Å². The molecular formula is C21H15ClN2O2. The standard InChI is InChI=1S/C21H15ClN2O2/c1-24-20(17-7-4-12-25-17)18-19(13-8-10-14(22)11-9-13)23-16-6-3-2-5-15(16)21(18)26-24/h2-12,20H,1H3. The lowest BCUT2D eigenvalue weighted by atomic mass is 9.96. The first kappa shape index (κ1) is 15.4. The van der Waals surface area contributed by atoms with Gasteiger partial charge in [0, 0.05) is 23.0 Å². The third-order valence-electron chi connectivity index (χ3n) is 4.68. The van der Waals surface area contributed by atoms with Gasteiger partial charge in [-0.15, -0.1) is 5.06 Å². The number of pyridine rings is 1. The van der Waals surface area contributed by atoms with Gasteiger partial charge < -0.3 is 9.25 Å². The van der Waals surface area contributed by atoms with E-state index in [1.54, 1.807) is 6.26 Å². The van der Waals surface area contributed by atoms with Crippen molar-refractivity contribution in [3.8, 4) is 17.0 Å². The fourth-order valence-corrected chi connectivity index (χ4v) is 3.65. The summed E-state index contributed by atoms with van der Waals surface area (Å²) >= 11 is 6.08. The molecule has 0 radical (unpaired) electrons. The van der Waals surface area contributed by atoms with Crippen molar-refractivity contribution in [1.82, 2.24) is 10.0 Å². The minimum absolute atomic E-state index is 0.164. The Morgan fingerprint density at radius 3 is 2.58 bits per heavy atom. The van der Waals surface area contributed by atoms with Gasteiger partial charge in [-0.1, -0.05) is 35.9 Å². The summed E-state index contributed by atoms with van der Waals surface area (Å²) in [5.74, 6) is 1.64. The van der Waals surface area contributed by atoms with E-state index >= 15 is 0 Å². The van der Waals surface area contributed by atoms with Gasteiger partial charge in [-0.25, -0.2) is 4.98 Å². The topological polar surface area (TPSA) is 38.5 Å². The molecule has 3 heterocycles. The molecule has 5 heteroatoms. The second-order valence-electron chi connectivity index (χ2n) is 6.28. The lowest BCUT2D eigenvalue weighted by molar-refractivity contribution is -0.0356. The Morgan fingerprint density at radius 1 is 1.00 bits per heavy atom. The van der Waals surface area contributed by atoms with Crippen molar-refractivity contribution in [3.05, 3.63) is 83.3 Å². The van der Waals surface area contributed by atoms with Crippen LogP contribution in [0.15, 0.2) is 71.3 Å². The summed E-state index contributed by atoms with van der Waals surface area (Å²) in [6, 6.07) is 19.4. The zero-order chi connectivity index (χ0) is 17.7. The van der Waals surface area contributed by atoms with Crippen LogP contribution >= 0.6 is 11.6 Å². The lowest BCUT2D eigenvalue weighted by Crippen LogP contribution is -2.21. The molecule has 1 aliphatic rings. The van der Waals surface area contributed by atoms with Crippen LogP contribution < -0.4 is 4.84 Å². The zero-order valence-electron chi connectivity index (χ0n) is 14.0. The van der Waals surface area contributed by atoms with Gasteiger partial charge in [-0.05, 0) is 36.4 Å². The molecule has 0 N–H and O–H groups in total. The predicted octanol–water partition coefficient (Wildman–Crippen LogP) is 5.48. The number of hydrogen-bond acceptors (Lipinski definition) is 4. The number of fused-ring (bicyclic) bond motifs is 3. The Hall–Kier alpha value is -2.82. The monoisotopic (exact) mass is 362 g/mol. The molecule has 0 bridgehead atoms. The smallest absolute Gasteiger partial charge is 0.164 e. The Morgan fingerprint density at radius 2 is 1.81 bits per heavy atom. The second-order valence-corrected chi connectivity index (χ2v) is 6.72. The predicted molar refractivity (Wildman–Crippen MR) is 101 cm³/mol. The molecule has 1 atom stereocenters. The minimum atomic E-state index is -0.164. The molecule has 0 fully saturated rings. The summed E-state index contributed by atoms with van der Waals surface area (Å²) in [5.41, 5.74) is 3.76. The molecule has 2 aromatic carbocycles. The van der Waals surface area contributed by atoms with E-state index in [-0.39, 0.29) is 6.04 Å². The van der Waals surface area contributed by atoms with Gasteiger partial charge in [-0.2, -0.15) is 0 Å². The Bertz CT molecular complexity index is 1090. The summed E-state index contributed by atoms with van der Waals surface area (Å²) < 4.78 is 5.70. The number of furan rings is 1.